The van der Waals surface area contributed by atoms with Gasteiger partial charge in [0.25, 0.3) is 5.56 Å². The highest BCUT2D eigenvalue weighted by Gasteiger charge is 2.25. The zero-order chi connectivity index (χ0) is 20.0. The van der Waals surface area contributed by atoms with E-state index in [-0.39, 0.29) is 11.5 Å². The van der Waals surface area contributed by atoms with E-state index in [1.54, 1.807) is 32.1 Å². The van der Waals surface area contributed by atoms with E-state index >= 15 is 0 Å². The second kappa shape index (κ2) is 7.36. The van der Waals surface area contributed by atoms with Gasteiger partial charge in [0.1, 0.15) is 10.7 Å². The predicted molar refractivity (Wildman–Crippen MR) is 116 cm³/mol. The Morgan fingerprint density at radius 1 is 1.32 bits per heavy atom. The van der Waals surface area contributed by atoms with E-state index in [4.69, 9.17) is 14.5 Å². The first kappa shape index (κ1) is 19.2. The first-order valence-electron chi connectivity index (χ1n) is 8.65. The standard InChI is InChI=1S/C19H18IN3O4S/c1-9(24)23-5-4-11-14(8-23)28-19-15(11)18(25)21-17(22-19)10-6-12(20)16(27-3)13(7-10)26-2/h6-7H,4-5,8H2,1-3H3,(H,21,22,25). The molecule has 3 heterocycles. The number of amides is 1. The summed E-state index contributed by atoms with van der Waals surface area (Å²) in [4.78, 5) is 35.7. The average molecular weight is 511 g/mol. The Bertz CT molecular complexity index is 1150. The number of benzene rings is 1. The fraction of sp³-hybridized carbons (Fsp3) is 0.316. The first-order chi connectivity index (χ1) is 13.4. The Morgan fingerprint density at radius 2 is 2.11 bits per heavy atom. The van der Waals surface area contributed by atoms with E-state index < -0.39 is 0 Å². The molecule has 1 amide bonds. The summed E-state index contributed by atoms with van der Waals surface area (Å²) in [6.45, 7) is 2.73. The Morgan fingerprint density at radius 3 is 2.79 bits per heavy atom. The van der Waals surface area contributed by atoms with Crippen LogP contribution in [0.4, 0.5) is 0 Å². The van der Waals surface area contributed by atoms with Crippen molar-refractivity contribution in [2.24, 2.45) is 0 Å². The minimum absolute atomic E-state index is 0.0468. The maximum atomic E-state index is 12.9. The third-order valence-corrected chi connectivity index (χ3v) is 6.77. The summed E-state index contributed by atoms with van der Waals surface area (Å²) < 4.78 is 11.7. The minimum Gasteiger partial charge on any atom is -0.493 e. The summed E-state index contributed by atoms with van der Waals surface area (Å²) in [7, 11) is 3.16. The lowest BCUT2D eigenvalue weighted by Crippen LogP contribution is -2.33. The molecule has 2 aromatic heterocycles. The van der Waals surface area contributed by atoms with Gasteiger partial charge in [-0.15, -0.1) is 11.3 Å². The van der Waals surface area contributed by atoms with Crippen molar-refractivity contribution >= 4 is 50.1 Å². The van der Waals surface area contributed by atoms with Crippen LogP contribution in [-0.4, -0.2) is 41.5 Å². The highest BCUT2D eigenvalue weighted by Crippen LogP contribution is 2.37. The lowest BCUT2D eigenvalue weighted by Gasteiger charge is -2.25. The Hall–Kier alpha value is -2.14. The zero-order valence-electron chi connectivity index (χ0n) is 15.6. The lowest BCUT2D eigenvalue weighted by molar-refractivity contribution is -0.129. The molecular weight excluding hydrogens is 493 g/mol. The average Bonchev–Trinajstić information content (AvgIpc) is 3.05. The van der Waals surface area contributed by atoms with Crippen molar-refractivity contribution in [1.82, 2.24) is 14.9 Å². The quantitative estimate of drug-likeness (QED) is 0.547. The minimum atomic E-state index is -0.154. The van der Waals surface area contributed by atoms with Gasteiger partial charge in [-0.1, -0.05) is 0 Å². The van der Waals surface area contributed by atoms with E-state index in [9.17, 15) is 9.59 Å². The highest BCUT2D eigenvalue weighted by molar-refractivity contribution is 14.1. The summed E-state index contributed by atoms with van der Waals surface area (Å²) in [5.41, 5.74) is 1.61. The molecule has 0 unspecified atom stereocenters. The molecule has 3 aromatic rings. The van der Waals surface area contributed by atoms with Gasteiger partial charge in [-0.3, -0.25) is 9.59 Å². The van der Waals surface area contributed by atoms with Gasteiger partial charge in [0.15, 0.2) is 11.5 Å². The smallest absolute Gasteiger partial charge is 0.260 e. The highest BCUT2D eigenvalue weighted by atomic mass is 127. The predicted octanol–water partition coefficient (Wildman–Crippen LogP) is 3.18. The van der Waals surface area contributed by atoms with Crippen LogP contribution < -0.4 is 15.0 Å². The molecule has 28 heavy (non-hydrogen) atoms. The zero-order valence-corrected chi connectivity index (χ0v) is 18.6. The first-order valence-corrected chi connectivity index (χ1v) is 10.5. The van der Waals surface area contributed by atoms with Crippen molar-refractivity contribution < 1.29 is 14.3 Å². The van der Waals surface area contributed by atoms with Crippen LogP contribution in [0.25, 0.3) is 21.6 Å². The summed E-state index contributed by atoms with van der Waals surface area (Å²) >= 11 is 3.65. The lowest BCUT2D eigenvalue weighted by atomic mass is 10.1. The molecule has 0 saturated carbocycles. The van der Waals surface area contributed by atoms with Crippen molar-refractivity contribution in [3.8, 4) is 22.9 Å². The van der Waals surface area contributed by atoms with E-state index in [0.717, 1.165) is 19.6 Å². The normalized spacial score (nSPS) is 13.5. The number of aromatic nitrogens is 2. The number of nitrogens with one attached hydrogen (secondary N) is 1. The monoisotopic (exact) mass is 511 g/mol. The molecule has 1 aliphatic heterocycles. The molecule has 0 saturated heterocycles. The summed E-state index contributed by atoms with van der Waals surface area (Å²) in [5, 5.41) is 0.641. The number of carbonyl (C=O) groups excluding carboxylic acids is 1. The fourth-order valence-corrected chi connectivity index (χ4v) is 5.52. The van der Waals surface area contributed by atoms with Gasteiger partial charge in [-0.2, -0.15) is 0 Å². The molecule has 0 bridgehead atoms. The van der Waals surface area contributed by atoms with Crippen LogP contribution in [0.1, 0.15) is 17.4 Å². The number of hydrogen-bond donors (Lipinski definition) is 1. The second-order valence-corrected chi connectivity index (χ2v) is 8.73. The number of thiophene rings is 1. The number of ether oxygens (including phenoxy) is 2. The number of aromatic amines is 1. The number of nitrogens with zero attached hydrogens (tertiary/aromatic N) is 2. The second-order valence-electron chi connectivity index (χ2n) is 6.48. The van der Waals surface area contributed by atoms with Crippen molar-refractivity contribution in [2.75, 3.05) is 20.8 Å². The number of halogens is 1. The van der Waals surface area contributed by atoms with Gasteiger partial charge in [0, 0.05) is 23.9 Å². The number of carbonyl (C=O) groups is 1. The van der Waals surface area contributed by atoms with Crippen molar-refractivity contribution in [2.45, 2.75) is 19.9 Å². The molecule has 0 atom stereocenters. The van der Waals surface area contributed by atoms with Crippen molar-refractivity contribution in [3.05, 3.63) is 36.5 Å². The molecule has 0 spiro atoms. The van der Waals surface area contributed by atoms with Crippen molar-refractivity contribution in [1.29, 1.82) is 0 Å². The number of hydrogen-bond acceptors (Lipinski definition) is 6. The Labute approximate surface area is 178 Å². The summed E-state index contributed by atoms with van der Waals surface area (Å²) in [6.07, 6.45) is 0.674. The molecule has 4 rings (SSSR count). The number of rotatable bonds is 3. The Kier molecular flexibility index (Phi) is 5.04. The van der Waals surface area contributed by atoms with Crippen LogP contribution in [0, 0.1) is 3.57 Å². The SMILES string of the molecule is COc1cc(-c2nc3sc4c(c3c(=O)[nH]2)CCN(C(C)=O)C4)cc(I)c1OC. The van der Waals surface area contributed by atoms with Crippen LogP contribution in [0.15, 0.2) is 16.9 Å². The van der Waals surface area contributed by atoms with Gasteiger partial charge >= 0.3 is 0 Å². The van der Waals surface area contributed by atoms with Crippen LogP contribution in [0.5, 0.6) is 11.5 Å². The summed E-state index contributed by atoms with van der Waals surface area (Å²) in [6, 6.07) is 3.70. The van der Waals surface area contributed by atoms with Gasteiger partial charge < -0.3 is 19.4 Å². The van der Waals surface area contributed by atoms with Crippen LogP contribution >= 0.6 is 33.9 Å². The van der Waals surface area contributed by atoms with Gasteiger partial charge in [0.05, 0.1) is 29.7 Å². The third kappa shape index (κ3) is 3.16. The summed E-state index contributed by atoms with van der Waals surface area (Å²) in [5.74, 6) is 1.75. The molecule has 1 aliphatic rings. The molecule has 0 aliphatic carbocycles. The fourth-order valence-electron chi connectivity index (χ4n) is 3.46. The van der Waals surface area contributed by atoms with E-state index in [1.165, 1.54) is 11.3 Å². The molecule has 0 radical (unpaired) electrons. The van der Waals surface area contributed by atoms with Gasteiger partial charge in [0.2, 0.25) is 5.91 Å². The Balaban J connectivity index is 1.84. The van der Waals surface area contributed by atoms with Crippen LogP contribution in [0.3, 0.4) is 0 Å². The van der Waals surface area contributed by atoms with E-state index in [1.807, 2.05) is 6.07 Å². The number of H-pyrrole nitrogens is 1. The molecule has 1 N–H and O–H groups in total. The van der Waals surface area contributed by atoms with Crippen molar-refractivity contribution in [3.63, 3.8) is 0 Å². The molecule has 146 valence electrons. The number of fused-ring (bicyclic) bond motifs is 3. The maximum absolute atomic E-state index is 12.9. The van der Waals surface area contributed by atoms with Gasteiger partial charge in [-0.25, -0.2) is 4.98 Å². The van der Waals surface area contributed by atoms with Crippen LogP contribution in [0.2, 0.25) is 0 Å². The van der Waals surface area contributed by atoms with E-state index in [0.29, 0.717) is 47.1 Å². The topological polar surface area (TPSA) is 84.5 Å². The molecular formula is C19H18IN3O4S. The third-order valence-electron chi connectivity index (χ3n) is 4.86. The number of methoxy groups -OCH3 is 2. The van der Waals surface area contributed by atoms with Gasteiger partial charge in [-0.05, 0) is 46.7 Å². The molecule has 0 fully saturated rings. The van der Waals surface area contributed by atoms with E-state index in [2.05, 4.69) is 27.6 Å². The molecule has 1 aromatic carbocycles. The molecule has 9 heteroatoms. The molecule has 7 nitrogen and oxygen atoms in total. The maximum Gasteiger partial charge on any atom is 0.260 e. The largest absolute Gasteiger partial charge is 0.493 e. The van der Waals surface area contributed by atoms with Crippen LogP contribution in [-0.2, 0) is 17.8 Å².